The Bertz CT molecular complexity index is 1160. The Morgan fingerprint density at radius 1 is 1.27 bits per heavy atom. The molecule has 0 aliphatic carbocycles. The molecule has 0 aliphatic rings. The van der Waals surface area contributed by atoms with Gasteiger partial charge in [0.25, 0.3) is 5.56 Å². The van der Waals surface area contributed by atoms with Crippen molar-refractivity contribution in [1.29, 1.82) is 0 Å². The summed E-state index contributed by atoms with van der Waals surface area (Å²) in [4.78, 5) is 25.1. The lowest BCUT2D eigenvalue weighted by Crippen LogP contribution is -2.37. The van der Waals surface area contributed by atoms with E-state index in [1.807, 2.05) is 12.1 Å². The van der Waals surface area contributed by atoms with Crippen LogP contribution >= 0.6 is 11.6 Å². The van der Waals surface area contributed by atoms with Gasteiger partial charge in [-0.05, 0) is 24.6 Å². The van der Waals surface area contributed by atoms with E-state index in [1.54, 1.807) is 41.9 Å². The summed E-state index contributed by atoms with van der Waals surface area (Å²) < 4.78 is 8.14. The lowest BCUT2D eigenvalue weighted by Gasteiger charge is -2.14. The zero-order valence-electron chi connectivity index (χ0n) is 13.8. The molecule has 26 heavy (non-hydrogen) atoms. The predicted octanol–water partition coefficient (Wildman–Crippen LogP) is 2.77. The van der Waals surface area contributed by atoms with Gasteiger partial charge >= 0.3 is 0 Å². The van der Waals surface area contributed by atoms with Crippen molar-refractivity contribution in [2.45, 2.75) is 19.5 Å². The van der Waals surface area contributed by atoms with E-state index >= 15 is 0 Å². The fraction of sp³-hybridized carbons (Fsp3) is 0.167. The minimum atomic E-state index is -0.749. The van der Waals surface area contributed by atoms with Gasteiger partial charge in [0.05, 0.1) is 11.8 Å². The third-order valence-corrected chi connectivity index (χ3v) is 4.56. The Kier molecular flexibility index (Phi) is 4.00. The average molecular weight is 371 g/mol. The molecule has 1 aromatic carbocycles. The molecule has 0 bridgehead atoms. The molecule has 4 rings (SSSR count). The highest BCUT2D eigenvalue weighted by atomic mass is 35.5. The van der Waals surface area contributed by atoms with Crippen LogP contribution in [-0.2, 0) is 11.3 Å². The molecule has 3 aromatic heterocycles. The van der Waals surface area contributed by atoms with Gasteiger partial charge in [0, 0.05) is 23.7 Å². The SMILES string of the molecule is C[C@@H](C(=O)NCc1ccc(Cl)cc1)n1ncn2c(cc3occc32)c1=O. The van der Waals surface area contributed by atoms with Crippen molar-refractivity contribution in [3.63, 3.8) is 0 Å². The maximum absolute atomic E-state index is 12.7. The molecule has 8 heteroatoms. The summed E-state index contributed by atoms with van der Waals surface area (Å²) in [5, 5.41) is 7.58. The number of nitrogens with zero attached hydrogens (tertiary/aromatic N) is 3. The molecule has 4 aromatic rings. The van der Waals surface area contributed by atoms with Crippen LogP contribution in [0.5, 0.6) is 0 Å². The average Bonchev–Trinajstić information content (AvgIpc) is 3.23. The first-order valence-corrected chi connectivity index (χ1v) is 8.40. The Hall–Kier alpha value is -3.06. The van der Waals surface area contributed by atoms with E-state index < -0.39 is 6.04 Å². The van der Waals surface area contributed by atoms with Gasteiger partial charge in [-0.1, -0.05) is 23.7 Å². The van der Waals surface area contributed by atoms with Crippen LogP contribution in [0.15, 0.2) is 58.2 Å². The van der Waals surface area contributed by atoms with Gasteiger partial charge in [-0.25, -0.2) is 4.68 Å². The lowest BCUT2D eigenvalue weighted by atomic mass is 10.2. The third kappa shape index (κ3) is 2.76. The Morgan fingerprint density at radius 3 is 2.81 bits per heavy atom. The molecular formula is C18H15ClN4O3. The van der Waals surface area contributed by atoms with Crippen LogP contribution < -0.4 is 10.9 Å². The molecule has 3 heterocycles. The van der Waals surface area contributed by atoms with Crippen LogP contribution in [0.25, 0.3) is 16.6 Å². The molecule has 1 amide bonds. The number of aromatic nitrogens is 3. The van der Waals surface area contributed by atoms with Crippen molar-refractivity contribution in [3.05, 3.63) is 69.9 Å². The van der Waals surface area contributed by atoms with Crippen molar-refractivity contribution < 1.29 is 9.21 Å². The number of hydrogen-bond donors (Lipinski definition) is 1. The highest BCUT2D eigenvalue weighted by molar-refractivity contribution is 6.30. The van der Waals surface area contributed by atoms with Crippen LogP contribution in [0.2, 0.25) is 5.02 Å². The Morgan fingerprint density at radius 2 is 2.04 bits per heavy atom. The largest absolute Gasteiger partial charge is 0.463 e. The van der Waals surface area contributed by atoms with Crippen molar-refractivity contribution in [2.24, 2.45) is 0 Å². The summed E-state index contributed by atoms with van der Waals surface area (Å²) in [6.45, 7) is 1.98. The zero-order valence-corrected chi connectivity index (χ0v) is 14.6. The van der Waals surface area contributed by atoms with Crippen molar-refractivity contribution in [1.82, 2.24) is 19.5 Å². The maximum Gasteiger partial charge on any atom is 0.291 e. The number of furan rings is 1. The minimum Gasteiger partial charge on any atom is -0.463 e. The number of halogens is 1. The van der Waals surface area contributed by atoms with Crippen LogP contribution in [0, 0.1) is 0 Å². The fourth-order valence-corrected chi connectivity index (χ4v) is 2.96. The normalized spacial score (nSPS) is 12.5. The minimum absolute atomic E-state index is 0.297. The molecule has 0 saturated carbocycles. The molecule has 1 N–H and O–H groups in total. The second-order valence-electron chi connectivity index (χ2n) is 5.97. The number of benzene rings is 1. The van der Waals surface area contributed by atoms with Gasteiger partial charge in [-0.3, -0.25) is 14.0 Å². The zero-order chi connectivity index (χ0) is 18.3. The topological polar surface area (TPSA) is 81.5 Å². The summed E-state index contributed by atoms with van der Waals surface area (Å²) in [5.41, 5.74) is 2.33. The highest BCUT2D eigenvalue weighted by Crippen LogP contribution is 2.18. The first-order chi connectivity index (χ1) is 12.5. The number of rotatable bonds is 4. The summed E-state index contributed by atoms with van der Waals surface area (Å²) in [6, 6.07) is 9.84. The monoisotopic (exact) mass is 370 g/mol. The van der Waals surface area contributed by atoms with Gasteiger partial charge in [-0.2, -0.15) is 5.10 Å². The van der Waals surface area contributed by atoms with Gasteiger partial charge in [0.2, 0.25) is 5.91 Å². The van der Waals surface area contributed by atoms with Crippen LogP contribution in [-0.4, -0.2) is 20.1 Å². The van der Waals surface area contributed by atoms with Gasteiger partial charge in [-0.15, -0.1) is 0 Å². The molecule has 0 aliphatic heterocycles. The number of hydrogen-bond acceptors (Lipinski definition) is 4. The van der Waals surface area contributed by atoms with E-state index in [1.165, 1.54) is 11.0 Å². The van der Waals surface area contributed by atoms with Crippen molar-refractivity contribution in [2.75, 3.05) is 0 Å². The molecule has 0 radical (unpaired) electrons. The first kappa shape index (κ1) is 16.4. The van der Waals surface area contributed by atoms with E-state index in [0.717, 1.165) is 11.1 Å². The predicted molar refractivity (Wildman–Crippen MR) is 97.2 cm³/mol. The third-order valence-electron chi connectivity index (χ3n) is 4.31. The van der Waals surface area contributed by atoms with Gasteiger partial charge in [0.15, 0.2) is 5.58 Å². The lowest BCUT2D eigenvalue weighted by molar-refractivity contribution is -0.124. The molecule has 0 unspecified atom stereocenters. The fourth-order valence-electron chi connectivity index (χ4n) is 2.84. The summed E-state index contributed by atoms with van der Waals surface area (Å²) in [6.07, 6.45) is 3.06. The van der Waals surface area contributed by atoms with Crippen molar-refractivity contribution >= 4 is 34.1 Å². The van der Waals surface area contributed by atoms with Gasteiger partial charge < -0.3 is 9.73 Å². The van der Waals surface area contributed by atoms with E-state index in [-0.39, 0.29) is 11.5 Å². The molecule has 0 fully saturated rings. The number of amides is 1. The Balaban J connectivity index is 1.57. The molecular weight excluding hydrogens is 356 g/mol. The highest BCUT2D eigenvalue weighted by Gasteiger charge is 2.19. The molecule has 7 nitrogen and oxygen atoms in total. The van der Waals surface area contributed by atoms with Gasteiger partial charge in [0.1, 0.15) is 17.9 Å². The second kappa shape index (κ2) is 6.34. The molecule has 0 saturated heterocycles. The summed E-state index contributed by atoms with van der Waals surface area (Å²) in [5.74, 6) is -0.297. The molecule has 0 spiro atoms. The number of fused-ring (bicyclic) bond motifs is 3. The van der Waals surface area contributed by atoms with Crippen LogP contribution in [0.3, 0.4) is 0 Å². The number of carbonyl (C=O) groups is 1. The van der Waals surface area contributed by atoms with E-state index in [2.05, 4.69) is 10.4 Å². The second-order valence-corrected chi connectivity index (χ2v) is 6.41. The maximum atomic E-state index is 12.7. The van der Waals surface area contributed by atoms with E-state index in [4.69, 9.17) is 16.0 Å². The van der Waals surface area contributed by atoms with E-state index in [9.17, 15) is 9.59 Å². The van der Waals surface area contributed by atoms with Crippen LogP contribution in [0.1, 0.15) is 18.5 Å². The van der Waals surface area contributed by atoms with E-state index in [0.29, 0.717) is 22.7 Å². The number of carbonyl (C=O) groups excluding carboxylic acids is 1. The molecule has 1 atom stereocenters. The number of nitrogens with one attached hydrogen (secondary N) is 1. The smallest absolute Gasteiger partial charge is 0.291 e. The summed E-state index contributed by atoms with van der Waals surface area (Å²) >= 11 is 5.85. The summed E-state index contributed by atoms with van der Waals surface area (Å²) in [7, 11) is 0. The first-order valence-electron chi connectivity index (χ1n) is 8.03. The van der Waals surface area contributed by atoms with Crippen molar-refractivity contribution in [3.8, 4) is 0 Å². The standard InChI is InChI=1S/C18H15ClN4O3/c1-11(17(24)20-9-12-2-4-13(19)5-3-12)23-18(25)15-8-16-14(6-7-26-16)22(15)10-21-23/h2-8,10-11H,9H2,1H3,(H,20,24)/t11-/m0/s1. The quantitative estimate of drug-likeness (QED) is 0.599. The Labute approximate surface area is 152 Å². The van der Waals surface area contributed by atoms with Crippen LogP contribution in [0.4, 0.5) is 0 Å². The molecule has 132 valence electrons.